The van der Waals surface area contributed by atoms with Crippen LogP contribution in [-0.2, 0) is 0 Å². The zero-order chi connectivity index (χ0) is 17.9. The van der Waals surface area contributed by atoms with E-state index in [-0.39, 0.29) is 11.4 Å². The predicted octanol–water partition coefficient (Wildman–Crippen LogP) is 3.87. The Kier molecular flexibility index (Phi) is 4.88. The van der Waals surface area contributed by atoms with Crippen LogP contribution in [0, 0.1) is 41.0 Å². The van der Waals surface area contributed by atoms with Crippen LogP contribution in [0.1, 0.15) is 22.3 Å². The van der Waals surface area contributed by atoms with Gasteiger partial charge in [-0.1, -0.05) is 17.7 Å². The Morgan fingerprint density at radius 3 is 2.17 bits per heavy atom. The largest absolute Gasteiger partial charge is 0.301 e. The number of non-ortho nitro benzene ring substituents is 1. The molecule has 0 fully saturated rings. The smallest absolute Gasteiger partial charge is 0.272 e. The summed E-state index contributed by atoms with van der Waals surface area (Å²) in [6.07, 6.45) is 1.58. The van der Waals surface area contributed by atoms with Gasteiger partial charge in [-0.2, -0.15) is 5.10 Å². The molecule has 1 N–H and O–H groups in total. The molecule has 124 valence electrons. The molecule has 8 nitrogen and oxygen atoms in total. The molecule has 0 bridgehead atoms. The Morgan fingerprint density at radius 2 is 1.62 bits per heavy atom. The monoisotopic (exact) mass is 328 g/mol. The lowest BCUT2D eigenvalue weighted by molar-refractivity contribution is -0.393. The third-order valence-electron chi connectivity index (χ3n) is 3.51. The first-order chi connectivity index (χ1) is 11.3. The lowest BCUT2D eigenvalue weighted by Crippen LogP contribution is -2.00. The number of nitrogens with zero attached hydrogens (tertiary/aromatic N) is 3. The van der Waals surface area contributed by atoms with Crippen LogP contribution in [0.4, 0.5) is 17.1 Å². The highest BCUT2D eigenvalue weighted by molar-refractivity contribution is 5.84. The molecular weight excluding hydrogens is 312 g/mol. The highest BCUT2D eigenvalue weighted by Gasteiger charge is 2.19. The zero-order valence-corrected chi connectivity index (χ0v) is 13.4. The van der Waals surface area contributed by atoms with E-state index in [0.29, 0.717) is 0 Å². The van der Waals surface area contributed by atoms with Crippen LogP contribution in [0.15, 0.2) is 35.4 Å². The summed E-state index contributed by atoms with van der Waals surface area (Å²) in [4.78, 5) is 20.4. The second-order valence-electron chi connectivity index (χ2n) is 5.40. The van der Waals surface area contributed by atoms with Gasteiger partial charge in [0, 0.05) is 11.6 Å². The van der Waals surface area contributed by atoms with Gasteiger partial charge in [0.25, 0.3) is 5.69 Å². The van der Waals surface area contributed by atoms with Gasteiger partial charge in [-0.25, -0.2) is 0 Å². The minimum atomic E-state index is -0.687. The predicted molar refractivity (Wildman–Crippen MR) is 91.6 cm³/mol. The molecule has 0 amide bonds. The van der Waals surface area contributed by atoms with Crippen LogP contribution in [0.5, 0.6) is 0 Å². The van der Waals surface area contributed by atoms with E-state index in [1.54, 1.807) is 6.21 Å². The van der Waals surface area contributed by atoms with Crippen LogP contribution in [0.25, 0.3) is 0 Å². The molecule has 2 aromatic rings. The number of hydrazone groups is 1. The van der Waals surface area contributed by atoms with Crippen molar-refractivity contribution >= 4 is 23.3 Å². The van der Waals surface area contributed by atoms with Gasteiger partial charge >= 0.3 is 5.69 Å². The van der Waals surface area contributed by atoms with Crippen molar-refractivity contribution in [1.82, 2.24) is 0 Å². The van der Waals surface area contributed by atoms with Crippen molar-refractivity contribution in [3.8, 4) is 0 Å². The number of nitrogens with one attached hydrogen (secondary N) is 1. The number of hydrogen-bond donors (Lipinski definition) is 1. The van der Waals surface area contributed by atoms with Crippen molar-refractivity contribution in [2.24, 2.45) is 5.10 Å². The molecule has 0 aliphatic heterocycles. The maximum Gasteiger partial charge on any atom is 0.301 e. The van der Waals surface area contributed by atoms with E-state index in [1.807, 2.05) is 32.9 Å². The molecule has 0 saturated heterocycles. The molecule has 0 heterocycles. The summed E-state index contributed by atoms with van der Waals surface area (Å²) >= 11 is 0. The molecule has 0 aromatic heterocycles. The highest BCUT2D eigenvalue weighted by Crippen LogP contribution is 2.28. The fourth-order valence-electron chi connectivity index (χ4n) is 2.44. The number of anilines is 1. The summed E-state index contributed by atoms with van der Waals surface area (Å²) in [5.74, 6) is 0. The molecule has 8 heteroatoms. The third kappa shape index (κ3) is 3.72. The fraction of sp³-hybridized carbons (Fsp3) is 0.188. The average molecular weight is 328 g/mol. The number of benzene rings is 2. The number of nitro groups is 2. The topological polar surface area (TPSA) is 111 Å². The van der Waals surface area contributed by atoms with E-state index in [1.165, 1.54) is 12.1 Å². The van der Waals surface area contributed by atoms with E-state index in [0.717, 1.165) is 28.3 Å². The molecule has 0 spiro atoms. The summed E-state index contributed by atoms with van der Waals surface area (Å²) < 4.78 is 0. The van der Waals surface area contributed by atoms with E-state index in [4.69, 9.17) is 0 Å². The molecule has 0 aliphatic rings. The lowest BCUT2D eigenvalue weighted by atomic mass is 10.0. The Balaban J connectivity index is 2.29. The van der Waals surface area contributed by atoms with Gasteiger partial charge in [0.1, 0.15) is 5.69 Å². The average Bonchev–Trinajstić information content (AvgIpc) is 2.49. The molecule has 24 heavy (non-hydrogen) atoms. The quantitative estimate of drug-likeness (QED) is 0.509. The molecule has 0 aliphatic carbocycles. The Hall–Kier alpha value is -3.29. The third-order valence-corrected chi connectivity index (χ3v) is 3.51. The van der Waals surface area contributed by atoms with Crippen LogP contribution < -0.4 is 5.43 Å². The van der Waals surface area contributed by atoms with Crippen LogP contribution in [-0.4, -0.2) is 16.1 Å². The number of rotatable bonds is 5. The molecule has 0 unspecified atom stereocenters. The molecule has 0 atom stereocenters. The summed E-state index contributed by atoms with van der Waals surface area (Å²) in [6, 6.07) is 7.39. The van der Waals surface area contributed by atoms with Gasteiger partial charge in [-0.15, -0.1) is 0 Å². The van der Waals surface area contributed by atoms with Gasteiger partial charge in [-0.3, -0.25) is 25.7 Å². The first kappa shape index (κ1) is 17.1. The van der Waals surface area contributed by atoms with Crippen molar-refractivity contribution in [2.45, 2.75) is 20.8 Å². The highest BCUT2D eigenvalue weighted by atomic mass is 16.6. The number of hydrogen-bond acceptors (Lipinski definition) is 6. The summed E-state index contributed by atoms with van der Waals surface area (Å²) in [6.45, 7) is 5.91. The summed E-state index contributed by atoms with van der Waals surface area (Å²) in [5, 5.41) is 25.8. The SMILES string of the molecule is Cc1cc(C)c(C=NNc2ccc([N+](=O)[O-])cc2[N+](=O)[O-])c(C)c1. The molecule has 0 saturated carbocycles. The summed E-state index contributed by atoms with van der Waals surface area (Å²) in [5.41, 5.74) is 6.05. The Morgan fingerprint density at radius 1 is 1.00 bits per heavy atom. The van der Waals surface area contributed by atoms with Gasteiger partial charge < -0.3 is 0 Å². The van der Waals surface area contributed by atoms with Crippen molar-refractivity contribution < 1.29 is 9.85 Å². The minimum absolute atomic E-state index is 0.0873. The zero-order valence-electron chi connectivity index (χ0n) is 13.4. The first-order valence-electron chi connectivity index (χ1n) is 7.09. The van der Waals surface area contributed by atoms with Crippen molar-refractivity contribution in [3.63, 3.8) is 0 Å². The number of aryl methyl sites for hydroxylation is 3. The van der Waals surface area contributed by atoms with E-state index in [9.17, 15) is 20.2 Å². The second kappa shape index (κ2) is 6.86. The van der Waals surface area contributed by atoms with Gasteiger partial charge in [0.2, 0.25) is 0 Å². The minimum Gasteiger partial charge on any atom is -0.272 e. The van der Waals surface area contributed by atoms with Crippen LogP contribution in [0.3, 0.4) is 0 Å². The Labute approximate surface area is 138 Å². The van der Waals surface area contributed by atoms with Crippen molar-refractivity contribution in [1.29, 1.82) is 0 Å². The molecular formula is C16H16N4O4. The fourth-order valence-corrected chi connectivity index (χ4v) is 2.44. The second-order valence-corrected chi connectivity index (χ2v) is 5.40. The van der Waals surface area contributed by atoms with Gasteiger partial charge in [0.15, 0.2) is 0 Å². The summed E-state index contributed by atoms with van der Waals surface area (Å²) in [7, 11) is 0. The molecule has 2 rings (SSSR count). The normalized spacial score (nSPS) is 10.8. The first-order valence-corrected chi connectivity index (χ1v) is 7.09. The van der Waals surface area contributed by atoms with E-state index < -0.39 is 15.5 Å². The van der Waals surface area contributed by atoms with Crippen molar-refractivity contribution in [3.05, 3.63) is 72.8 Å². The Bertz CT molecular complexity index is 823. The van der Waals surface area contributed by atoms with E-state index >= 15 is 0 Å². The van der Waals surface area contributed by atoms with Crippen LogP contribution in [0.2, 0.25) is 0 Å². The maximum atomic E-state index is 11.1. The molecule has 2 aromatic carbocycles. The van der Waals surface area contributed by atoms with E-state index in [2.05, 4.69) is 10.5 Å². The lowest BCUT2D eigenvalue weighted by Gasteiger charge is -2.07. The maximum absolute atomic E-state index is 11.1. The van der Waals surface area contributed by atoms with Crippen molar-refractivity contribution in [2.75, 3.05) is 5.43 Å². The van der Waals surface area contributed by atoms with Gasteiger partial charge in [0.05, 0.1) is 22.1 Å². The van der Waals surface area contributed by atoms with Crippen LogP contribution >= 0.6 is 0 Å². The standard InChI is InChI=1S/C16H16N4O4/c1-10-6-11(2)14(12(3)7-10)9-17-18-15-5-4-13(19(21)22)8-16(15)20(23)24/h4-9,18H,1-3H3. The molecule has 0 radical (unpaired) electrons. The number of nitro benzene ring substituents is 2. The van der Waals surface area contributed by atoms with Gasteiger partial charge in [-0.05, 0) is 38.0 Å².